The van der Waals surface area contributed by atoms with Crippen molar-refractivity contribution in [3.8, 4) is 0 Å². The molecule has 0 spiro atoms. The molecule has 3 aromatic heterocycles. The topological polar surface area (TPSA) is 92.8 Å². The Labute approximate surface area is 179 Å². The number of fused-ring (bicyclic) bond motifs is 3. The third kappa shape index (κ3) is 3.71. The number of aryl methyl sites for hydroxylation is 2. The Morgan fingerprint density at radius 3 is 2.53 bits per heavy atom. The zero-order valence-electron chi connectivity index (χ0n) is 17.0. The first kappa shape index (κ1) is 18.9. The van der Waals surface area contributed by atoms with Gasteiger partial charge in [-0.05, 0) is 37.5 Å². The van der Waals surface area contributed by atoms with Crippen molar-refractivity contribution in [2.45, 2.75) is 33.4 Å². The van der Waals surface area contributed by atoms with E-state index in [0.29, 0.717) is 17.7 Å². The standard InChI is InChI=1S/C22H23N7S/c1-13-10-14(2)25-21(24-13)28-22-26-19(23)18-16-8-9-29(11-15-6-4-3-5-7-15)12-17(16)30-20(18)27-22/h3-7,10H,8-9,11-12H2,1-2H3,(H3,23,24,25,26,27,28). The van der Waals surface area contributed by atoms with E-state index in [0.717, 1.165) is 47.7 Å². The summed E-state index contributed by atoms with van der Waals surface area (Å²) in [5.74, 6) is 1.44. The fraction of sp³-hybridized carbons (Fsp3) is 0.273. The monoisotopic (exact) mass is 417 g/mol. The number of nitrogens with zero attached hydrogens (tertiary/aromatic N) is 5. The van der Waals surface area contributed by atoms with Crippen LogP contribution in [0.4, 0.5) is 17.7 Å². The van der Waals surface area contributed by atoms with Crippen LogP contribution in [0, 0.1) is 13.8 Å². The molecule has 0 fully saturated rings. The van der Waals surface area contributed by atoms with Gasteiger partial charge in [0.1, 0.15) is 10.6 Å². The SMILES string of the molecule is Cc1cc(C)nc(Nc2nc(N)c3c4c(sc3n2)CN(Cc2ccccc2)CC4)n1. The summed E-state index contributed by atoms with van der Waals surface area (Å²) in [4.78, 5) is 22.7. The Morgan fingerprint density at radius 2 is 1.77 bits per heavy atom. The van der Waals surface area contributed by atoms with Gasteiger partial charge in [-0.15, -0.1) is 11.3 Å². The van der Waals surface area contributed by atoms with Gasteiger partial charge >= 0.3 is 0 Å². The van der Waals surface area contributed by atoms with Crippen LogP contribution in [0.2, 0.25) is 0 Å². The summed E-state index contributed by atoms with van der Waals surface area (Å²) in [7, 11) is 0. The van der Waals surface area contributed by atoms with Gasteiger partial charge in [-0.3, -0.25) is 10.2 Å². The van der Waals surface area contributed by atoms with E-state index in [1.807, 2.05) is 19.9 Å². The molecule has 1 aromatic carbocycles. The fourth-order valence-electron chi connectivity index (χ4n) is 3.99. The number of nitrogens with one attached hydrogen (secondary N) is 1. The number of hydrogen-bond acceptors (Lipinski definition) is 8. The number of hydrogen-bond donors (Lipinski definition) is 2. The van der Waals surface area contributed by atoms with Crippen LogP contribution >= 0.6 is 11.3 Å². The van der Waals surface area contributed by atoms with Crippen LogP contribution in [0.1, 0.15) is 27.4 Å². The molecule has 0 amide bonds. The minimum Gasteiger partial charge on any atom is -0.383 e. The molecular weight excluding hydrogens is 394 g/mol. The van der Waals surface area contributed by atoms with E-state index in [-0.39, 0.29) is 0 Å². The fourth-order valence-corrected chi connectivity index (χ4v) is 5.26. The third-order valence-corrected chi connectivity index (χ3v) is 6.37. The zero-order chi connectivity index (χ0) is 20.7. The van der Waals surface area contributed by atoms with E-state index < -0.39 is 0 Å². The minimum absolute atomic E-state index is 0.435. The van der Waals surface area contributed by atoms with Crippen LogP contribution in [0.5, 0.6) is 0 Å². The molecule has 5 rings (SSSR count). The molecule has 152 valence electrons. The van der Waals surface area contributed by atoms with Gasteiger partial charge in [0.15, 0.2) is 0 Å². The first-order chi connectivity index (χ1) is 14.5. The summed E-state index contributed by atoms with van der Waals surface area (Å²) < 4.78 is 0. The second-order valence-electron chi connectivity index (χ2n) is 7.66. The number of thiophene rings is 1. The number of benzene rings is 1. The summed E-state index contributed by atoms with van der Waals surface area (Å²) >= 11 is 1.71. The number of anilines is 3. The Morgan fingerprint density at radius 1 is 1.03 bits per heavy atom. The second kappa shape index (κ2) is 7.62. The maximum absolute atomic E-state index is 6.36. The molecule has 8 heteroatoms. The number of rotatable bonds is 4. The molecule has 1 aliphatic heterocycles. The van der Waals surface area contributed by atoms with E-state index in [9.17, 15) is 0 Å². The minimum atomic E-state index is 0.435. The van der Waals surface area contributed by atoms with E-state index in [1.54, 1.807) is 11.3 Å². The highest BCUT2D eigenvalue weighted by Crippen LogP contribution is 2.37. The van der Waals surface area contributed by atoms with Gasteiger partial charge in [-0.25, -0.2) is 15.0 Å². The lowest BCUT2D eigenvalue weighted by atomic mass is 10.0. The molecule has 0 saturated carbocycles. The van der Waals surface area contributed by atoms with Gasteiger partial charge in [0, 0.05) is 35.9 Å². The quantitative estimate of drug-likeness (QED) is 0.519. The van der Waals surface area contributed by atoms with Crippen LogP contribution in [-0.2, 0) is 19.5 Å². The summed E-state index contributed by atoms with van der Waals surface area (Å²) in [5, 5.41) is 4.11. The molecule has 1 aliphatic rings. The number of nitrogen functional groups attached to an aromatic ring is 1. The molecular formula is C22H23N7S. The van der Waals surface area contributed by atoms with Crippen LogP contribution in [-0.4, -0.2) is 31.4 Å². The Balaban J connectivity index is 1.42. The molecule has 4 aromatic rings. The van der Waals surface area contributed by atoms with Crippen LogP contribution in [0.3, 0.4) is 0 Å². The maximum Gasteiger partial charge on any atom is 0.232 e. The van der Waals surface area contributed by atoms with Gasteiger partial charge in [0.25, 0.3) is 0 Å². The first-order valence-electron chi connectivity index (χ1n) is 9.98. The summed E-state index contributed by atoms with van der Waals surface area (Å²) in [6.07, 6.45) is 0.961. The highest BCUT2D eigenvalue weighted by molar-refractivity contribution is 7.19. The van der Waals surface area contributed by atoms with Crippen LogP contribution < -0.4 is 11.1 Å². The zero-order valence-corrected chi connectivity index (χ0v) is 17.8. The van der Waals surface area contributed by atoms with Gasteiger partial charge in [0.2, 0.25) is 11.9 Å². The maximum atomic E-state index is 6.36. The molecule has 0 atom stereocenters. The van der Waals surface area contributed by atoms with Crippen molar-refractivity contribution in [3.05, 3.63) is 63.8 Å². The predicted molar refractivity (Wildman–Crippen MR) is 121 cm³/mol. The van der Waals surface area contributed by atoms with Crippen molar-refractivity contribution in [2.24, 2.45) is 0 Å². The molecule has 0 unspecified atom stereocenters. The number of nitrogens with two attached hydrogens (primary N) is 1. The average Bonchev–Trinajstić information content (AvgIpc) is 3.06. The summed E-state index contributed by atoms with van der Waals surface area (Å²) in [6.45, 7) is 6.74. The first-order valence-corrected chi connectivity index (χ1v) is 10.8. The average molecular weight is 418 g/mol. The summed E-state index contributed by atoms with van der Waals surface area (Å²) in [6, 6.07) is 12.5. The number of aromatic nitrogens is 4. The van der Waals surface area contributed by atoms with Crippen molar-refractivity contribution in [3.63, 3.8) is 0 Å². The Hall–Kier alpha value is -3.10. The Kier molecular flexibility index (Phi) is 4.80. The molecule has 4 heterocycles. The van der Waals surface area contributed by atoms with Crippen molar-refractivity contribution in [2.75, 3.05) is 17.6 Å². The smallest absolute Gasteiger partial charge is 0.232 e. The lowest BCUT2D eigenvalue weighted by Crippen LogP contribution is -2.29. The van der Waals surface area contributed by atoms with Crippen molar-refractivity contribution in [1.82, 2.24) is 24.8 Å². The molecule has 7 nitrogen and oxygen atoms in total. The van der Waals surface area contributed by atoms with E-state index in [1.165, 1.54) is 16.0 Å². The lowest BCUT2D eigenvalue weighted by Gasteiger charge is -2.26. The molecule has 3 N–H and O–H groups in total. The Bertz CT molecular complexity index is 1200. The molecule has 0 saturated heterocycles. The highest BCUT2D eigenvalue weighted by Gasteiger charge is 2.24. The van der Waals surface area contributed by atoms with Crippen molar-refractivity contribution >= 4 is 39.3 Å². The van der Waals surface area contributed by atoms with Gasteiger partial charge < -0.3 is 5.73 Å². The van der Waals surface area contributed by atoms with E-state index in [4.69, 9.17) is 10.7 Å². The molecule has 0 bridgehead atoms. The highest BCUT2D eigenvalue weighted by atomic mass is 32.1. The predicted octanol–water partition coefficient (Wildman–Crippen LogP) is 3.98. The largest absolute Gasteiger partial charge is 0.383 e. The van der Waals surface area contributed by atoms with E-state index >= 15 is 0 Å². The molecule has 0 aliphatic carbocycles. The normalized spacial score (nSPS) is 14.1. The van der Waals surface area contributed by atoms with Gasteiger partial charge in [0.05, 0.1) is 5.39 Å². The van der Waals surface area contributed by atoms with Crippen molar-refractivity contribution < 1.29 is 0 Å². The second-order valence-corrected chi connectivity index (χ2v) is 8.75. The molecule has 30 heavy (non-hydrogen) atoms. The third-order valence-electron chi connectivity index (χ3n) is 5.26. The van der Waals surface area contributed by atoms with Crippen LogP contribution in [0.25, 0.3) is 10.2 Å². The van der Waals surface area contributed by atoms with Crippen LogP contribution in [0.15, 0.2) is 36.4 Å². The molecule has 0 radical (unpaired) electrons. The van der Waals surface area contributed by atoms with E-state index in [2.05, 4.69) is 55.5 Å². The van der Waals surface area contributed by atoms with Gasteiger partial charge in [-0.1, -0.05) is 30.3 Å². The van der Waals surface area contributed by atoms with Crippen molar-refractivity contribution in [1.29, 1.82) is 0 Å². The lowest BCUT2D eigenvalue weighted by molar-refractivity contribution is 0.249. The summed E-state index contributed by atoms with van der Waals surface area (Å²) in [5.41, 5.74) is 10.8. The van der Waals surface area contributed by atoms with Gasteiger partial charge in [-0.2, -0.15) is 4.98 Å².